The second-order valence-electron chi connectivity index (χ2n) is 6.52. The molecule has 0 saturated heterocycles. The van der Waals surface area contributed by atoms with Crippen molar-refractivity contribution in [2.24, 2.45) is 0 Å². The van der Waals surface area contributed by atoms with Crippen molar-refractivity contribution >= 4 is 21.6 Å². The van der Waals surface area contributed by atoms with Crippen LogP contribution >= 0.6 is 0 Å². The molecule has 7 heteroatoms. The number of carbonyl (C=O) groups is 1. The van der Waals surface area contributed by atoms with Crippen molar-refractivity contribution in [3.05, 3.63) is 24.3 Å². The van der Waals surface area contributed by atoms with Gasteiger partial charge in [-0.15, -0.1) is 0 Å². The highest BCUT2D eigenvalue weighted by Gasteiger charge is 2.27. The monoisotopic (exact) mass is 368 g/mol. The lowest BCUT2D eigenvalue weighted by molar-refractivity contribution is -0.116. The number of nitrogens with zero attached hydrogens (tertiary/aromatic N) is 1. The summed E-state index contributed by atoms with van der Waals surface area (Å²) < 4.78 is 31.1. The maximum Gasteiger partial charge on any atom is 0.225 e. The zero-order valence-electron chi connectivity index (χ0n) is 15.0. The average Bonchev–Trinajstić information content (AvgIpc) is 2.83. The number of sulfonamides is 1. The van der Waals surface area contributed by atoms with Crippen LogP contribution in [0.25, 0.3) is 0 Å². The zero-order valence-corrected chi connectivity index (χ0v) is 15.8. The molecule has 0 radical (unpaired) electrons. The van der Waals surface area contributed by atoms with E-state index in [9.17, 15) is 13.2 Å². The third-order valence-corrected chi connectivity index (χ3v) is 5.93. The molecular formula is C18H28N2O4S. The molecule has 2 rings (SSSR count). The van der Waals surface area contributed by atoms with Gasteiger partial charge in [-0.1, -0.05) is 37.8 Å². The summed E-state index contributed by atoms with van der Waals surface area (Å²) >= 11 is 0. The molecule has 1 aromatic rings. The van der Waals surface area contributed by atoms with Crippen LogP contribution in [-0.4, -0.2) is 44.6 Å². The molecule has 0 unspecified atom stereocenters. The maximum atomic E-state index is 12.3. The van der Waals surface area contributed by atoms with Crippen molar-refractivity contribution in [3.63, 3.8) is 0 Å². The fraction of sp³-hybridized carbons (Fsp3) is 0.611. The Kier molecular flexibility index (Phi) is 7.25. The minimum absolute atomic E-state index is 0.0107. The Bertz CT molecular complexity index is 667. The maximum absolute atomic E-state index is 12.3. The minimum atomic E-state index is -3.33. The van der Waals surface area contributed by atoms with Crippen molar-refractivity contribution in [2.45, 2.75) is 51.0 Å². The van der Waals surface area contributed by atoms with Gasteiger partial charge in [-0.25, -0.2) is 8.42 Å². The van der Waals surface area contributed by atoms with Crippen molar-refractivity contribution < 1.29 is 17.9 Å². The molecule has 0 heterocycles. The SMILES string of the molecule is COc1ccccc1NC(=O)CCN(C1CCCCCC1)S(C)(=O)=O. The molecule has 0 aliphatic heterocycles. The van der Waals surface area contributed by atoms with Gasteiger partial charge in [-0.2, -0.15) is 4.31 Å². The number of rotatable bonds is 7. The Labute approximate surface area is 150 Å². The highest BCUT2D eigenvalue weighted by molar-refractivity contribution is 7.88. The lowest BCUT2D eigenvalue weighted by Crippen LogP contribution is -2.41. The number of para-hydroxylation sites is 2. The lowest BCUT2D eigenvalue weighted by atomic mass is 10.1. The predicted octanol–water partition coefficient (Wildman–Crippen LogP) is 3.01. The number of hydrogen-bond donors (Lipinski definition) is 1. The Morgan fingerprint density at radius 1 is 1.20 bits per heavy atom. The van der Waals surface area contributed by atoms with Crippen LogP contribution in [0.2, 0.25) is 0 Å². The van der Waals surface area contributed by atoms with Crippen LogP contribution in [0.3, 0.4) is 0 Å². The van der Waals surface area contributed by atoms with Crippen LogP contribution in [0.5, 0.6) is 5.75 Å². The van der Waals surface area contributed by atoms with Gasteiger partial charge in [0, 0.05) is 19.0 Å². The van der Waals surface area contributed by atoms with Gasteiger partial charge in [0.25, 0.3) is 0 Å². The highest BCUT2D eigenvalue weighted by atomic mass is 32.2. The van der Waals surface area contributed by atoms with Crippen molar-refractivity contribution in [3.8, 4) is 5.75 Å². The van der Waals surface area contributed by atoms with Crippen molar-refractivity contribution in [2.75, 3.05) is 25.2 Å². The number of nitrogens with one attached hydrogen (secondary N) is 1. The van der Waals surface area contributed by atoms with E-state index in [0.29, 0.717) is 11.4 Å². The molecule has 0 aromatic heterocycles. The number of benzene rings is 1. The summed E-state index contributed by atoms with van der Waals surface area (Å²) in [5.74, 6) is 0.367. The lowest BCUT2D eigenvalue weighted by Gasteiger charge is -2.28. The first-order chi connectivity index (χ1) is 11.9. The number of carbonyl (C=O) groups excluding carboxylic acids is 1. The van der Waals surface area contributed by atoms with Gasteiger partial charge >= 0.3 is 0 Å². The van der Waals surface area contributed by atoms with Crippen molar-refractivity contribution in [1.29, 1.82) is 0 Å². The van der Waals surface area contributed by atoms with E-state index in [0.717, 1.165) is 38.5 Å². The van der Waals surface area contributed by atoms with Crippen molar-refractivity contribution in [1.82, 2.24) is 4.31 Å². The summed E-state index contributed by atoms with van der Waals surface area (Å²) in [6.07, 6.45) is 7.51. The van der Waals surface area contributed by atoms with Gasteiger partial charge in [-0.05, 0) is 25.0 Å². The molecule has 1 aliphatic carbocycles. The molecule has 1 aliphatic rings. The average molecular weight is 368 g/mol. The van der Waals surface area contributed by atoms with E-state index in [-0.39, 0.29) is 24.9 Å². The molecule has 1 amide bonds. The predicted molar refractivity (Wildman–Crippen MR) is 99.3 cm³/mol. The van der Waals surface area contributed by atoms with E-state index in [1.54, 1.807) is 19.2 Å². The Hall–Kier alpha value is -1.60. The second kappa shape index (κ2) is 9.20. The topological polar surface area (TPSA) is 75.7 Å². The standard InChI is InChI=1S/C18H28N2O4S/c1-24-17-12-8-7-11-16(17)19-18(21)13-14-20(25(2,22)23)15-9-5-3-4-6-10-15/h7-8,11-12,15H,3-6,9-10,13-14H2,1-2H3,(H,19,21). The number of methoxy groups -OCH3 is 1. The van der Waals surface area contributed by atoms with Crippen LogP contribution in [0, 0.1) is 0 Å². The molecular weight excluding hydrogens is 340 g/mol. The van der Waals surface area contributed by atoms with E-state index >= 15 is 0 Å². The molecule has 0 spiro atoms. The fourth-order valence-corrected chi connectivity index (χ4v) is 4.51. The molecule has 25 heavy (non-hydrogen) atoms. The zero-order chi connectivity index (χ0) is 18.3. The summed E-state index contributed by atoms with van der Waals surface area (Å²) in [5, 5.41) is 2.80. The molecule has 140 valence electrons. The Balaban J connectivity index is 1.98. The largest absolute Gasteiger partial charge is 0.495 e. The van der Waals surface area contributed by atoms with Gasteiger partial charge in [-0.3, -0.25) is 4.79 Å². The third-order valence-electron chi connectivity index (χ3n) is 4.60. The quantitative estimate of drug-likeness (QED) is 0.751. The molecule has 0 bridgehead atoms. The van der Waals surface area contributed by atoms with E-state index < -0.39 is 10.0 Å². The van der Waals surface area contributed by atoms with Gasteiger partial charge < -0.3 is 10.1 Å². The van der Waals surface area contributed by atoms with E-state index in [2.05, 4.69) is 5.32 Å². The van der Waals surface area contributed by atoms with Gasteiger partial charge in [0.2, 0.25) is 15.9 Å². The van der Waals surface area contributed by atoms with Gasteiger partial charge in [0.1, 0.15) is 5.75 Å². The highest BCUT2D eigenvalue weighted by Crippen LogP contribution is 2.25. The first kappa shape index (κ1) is 19.7. The first-order valence-electron chi connectivity index (χ1n) is 8.81. The molecule has 0 atom stereocenters. The summed E-state index contributed by atoms with van der Waals surface area (Å²) in [5.41, 5.74) is 0.593. The first-order valence-corrected chi connectivity index (χ1v) is 10.7. The third kappa shape index (κ3) is 6.01. The minimum Gasteiger partial charge on any atom is -0.495 e. The second-order valence-corrected chi connectivity index (χ2v) is 8.45. The Morgan fingerprint density at radius 2 is 1.84 bits per heavy atom. The van der Waals surface area contributed by atoms with E-state index in [1.807, 2.05) is 12.1 Å². The van der Waals surface area contributed by atoms with Gasteiger partial charge in [0.05, 0.1) is 19.1 Å². The summed E-state index contributed by atoms with van der Waals surface area (Å²) in [6, 6.07) is 7.18. The summed E-state index contributed by atoms with van der Waals surface area (Å²) in [7, 11) is -1.79. The van der Waals surface area contributed by atoms with Gasteiger partial charge in [0.15, 0.2) is 0 Å². The molecule has 1 aromatic carbocycles. The number of hydrogen-bond acceptors (Lipinski definition) is 4. The molecule has 1 saturated carbocycles. The molecule has 6 nitrogen and oxygen atoms in total. The molecule has 1 fully saturated rings. The molecule has 1 N–H and O–H groups in total. The number of anilines is 1. The van der Waals surface area contributed by atoms with Crippen LogP contribution in [0.15, 0.2) is 24.3 Å². The summed E-state index contributed by atoms with van der Waals surface area (Å²) in [4.78, 5) is 12.3. The van der Waals surface area contributed by atoms with E-state index in [4.69, 9.17) is 4.74 Å². The fourth-order valence-electron chi connectivity index (χ4n) is 3.34. The normalized spacial score (nSPS) is 16.4. The van der Waals surface area contributed by atoms with Crippen LogP contribution in [-0.2, 0) is 14.8 Å². The summed E-state index contributed by atoms with van der Waals surface area (Å²) in [6.45, 7) is 0.213. The van der Waals surface area contributed by atoms with Crippen LogP contribution in [0.4, 0.5) is 5.69 Å². The number of ether oxygens (including phenoxy) is 1. The Morgan fingerprint density at radius 3 is 2.44 bits per heavy atom. The smallest absolute Gasteiger partial charge is 0.225 e. The number of amides is 1. The van der Waals surface area contributed by atoms with E-state index in [1.165, 1.54) is 10.6 Å². The van der Waals surface area contributed by atoms with Crippen LogP contribution in [0.1, 0.15) is 44.9 Å². The van der Waals surface area contributed by atoms with Crippen LogP contribution < -0.4 is 10.1 Å².